The van der Waals surface area contributed by atoms with E-state index in [9.17, 15) is 28.8 Å². The van der Waals surface area contributed by atoms with E-state index < -0.39 is 35.4 Å². The highest BCUT2D eigenvalue weighted by Gasteiger charge is 2.17. The summed E-state index contributed by atoms with van der Waals surface area (Å²) >= 11 is 3.46. The van der Waals surface area contributed by atoms with Crippen molar-refractivity contribution in [1.82, 2.24) is 0 Å². The zero-order valence-electron chi connectivity index (χ0n) is 32.1. The Morgan fingerprint density at radius 3 is 0.689 bits per heavy atom. The van der Waals surface area contributed by atoms with Crippen LogP contribution >= 0.6 is 15.9 Å². The van der Waals surface area contributed by atoms with Crippen LogP contribution in [0.3, 0.4) is 0 Å². The zero-order chi connectivity index (χ0) is 42.7. The van der Waals surface area contributed by atoms with Crippen LogP contribution in [0.15, 0.2) is 180 Å². The Balaban J connectivity index is 1.12. The summed E-state index contributed by atoms with van der Waals surface area (Å²) in [6, 6.07) is 48.0. The van der Waals surface area contributed by atoms with Gasteiger partial charge < -0.3 is 31.9 Å². The molecule has 0 saturated heterocycles. The largest absolute Gasteiger partial charge is 0.322 e. The van der Waals surface area contributed by atoms with Gasteiger partial charge in [0.2, 0.25) is 0 Å². The average Bonchev–Trinajstić information content (AvgIpc) is 3.27. The van der Waals surface area contributed by atoms with Crippen molar-refractivity contribution in [3.8, 4) is 0 Å². The molecule has 6 N–H and O–H groups in total. The third-order valence-electron chi connectivity index (χ3n) is 8.98. The van der Waals surface area contributed by atoms with Crippen LogP contribution < -0.4 is 31.9 Å². The highest BCUT2D eigenvalue weighted by atomic mass is 79.9. The molecular weight excluding hydrogens is 836 g/mol. The number of amides is 6. The number of hydrogen-bond acceptors (Lipinski definition) is 6. The quantitative estimate of drug-likeness (QED) is 0.0713. The summed E-state index contributed by atoms with van der Waals surface area (Å²) < 4.78 is 0.514. The van der Waals surface area contributed by atoms with E-state index in [1.54, 1.807) is 152 Å². The van der Waals surface area contributed by atoms with Crippen molar-refractivity contribution in [2.24, 2.45) is 0 Å². The topological polar surface area (TPSA) is 175 Å². The van der Waals surface area contributed by atoms with E-state index in [0.717, 1.165) is 0 Å². The van der Waals surface area contributed by atoms with Gasteiger partial charge in [0.1, 0.15) is 0 Å². The lowest BCUT2D eigenvalue weighted by Gasteiger charge is -2.14. The molecule has 0 atom stereocenters. The maximum absolute atomic E-state index is 13.8. The fourth-order valence-corrected chi connectivity index (χ4v) is 6.61. The van der Waals surface area contributed by atoms with Crippen molar-refractivity contribution in [2.75, 3.05) is 31.9 Å². The molecule has 0 spiro atoms. The van der Waals surface area contributed by atoms with Crippen LogP contribution in [0.1, 0.15) is 62.1 Å². The second kappa shape index (κ2) is 19.1. The first-order valence-corrected chi connectivity index (χ1v) is 19.5. The van der Waals surface area contributed by atoms with Gasteiger partial charge in [-0.05, 0) is 103 Å². The van der Waals surface area contributed by atoms with E-state index in [4.69, 9.17) is 0 Å². The number of anilines is 6. The first kappa shape index (κ1) is 41.0. The molecule has 0 radical (unpaired) electrons. The van der Waals surface area contributed by atoms with E-state index in [2.05, 4.69) is 47.8 Å². The van der Waals surface area contributed by atoms with Gasteiger partial charge in [0.05, 0.1) is 0 Å². The number of nitrogens with one attached hydrogen (secondary N) is 6. The molecule has 0 bridgehead atoms. The fourth-order valence-electron chi connectivity index (χ4n) is 6.12. The molecule has 12 nitrogen and oxygen atoms in total. The monoisotopic (exact) mass is 870 g/mol. The SMILES string of the molecule is O=C(Nc1cc(NC(=O)c2ccccc2)cc(C(=O)Nc2cc(Br)cc(NC(=O)c3cc(NC(=O)c4ccccc4)cc(NC(=O)c4ccccc4)c3)c2)c1)c1ccccc1. The molecule has 0 unspecified atom stereocenters. The van der Waals surface area contributed by atoms with Gasteiger partial charge in [-0.2, -0.15) is 0 Å². The van der Waals surface area contributed by atoms with Crippen LogP contribution in [-0.2, 0) is 0 Å². The second-order valence-corrected chi connectivity index (χ2v) is 14.4. The normalized spacial score (nSPS) is 10.4. The summed E-state index contributed by atoms with van der Waals surface area (Å²) in [5.41, 5.74) is 3.43. The van der Waals surface area contributed by atoms with E-state index in [1.807, 2.05) is 0 Å². The van der Waals surface area contributed by atoms with Gasteiger partial charge in [0, 0.05) is 72.0 Å². The average molecular weight is 872 g/mol. The van der Waals surface area contributed by atoms with Crippen LogP contribution in [0, 0.1) is 0 Å². The Morgan fingerprint density at radius 1 is 0.262 bits per heavy atom. The Hall–Kier alpha value is -8.16. The maximum Gasteiger partial charge on any atom is 0.255 e. The molecular formula is C48H35BrN6O6. The van der Waals surface area contributed by atoms with Crippen LogP contribution in [0.5, 0.6) is 0 Å². The van der Waals surface area contributed by atoms with Crippen molar-refractivity contribution in [1.29, 1.82) is 0 Å². The summed E-state index contributed by atoms with van der Waals surface area (Å²) in [6.07, 6.45) is 0. The first-order valence-electron chi connectivity index (χ1n) is 18.8. The lowest BCUT2D eigenvalue weighted by Crippen LogP contribution is -2.18. The molecule has 0 saturated carbocycles. The van der Waals surface area contributed by atoms with Crippen molar-refractivity contribution >= 4 is 85.5 Å². The maximum atomic E-state index is 13.8. The first-order chi connectivity index (χ1) is 29.6. The summed E-state index contributed by atoms with van der Waals surface area (Å²) in [5.74, 6) is -2.83. The highest BCUT2D eigenvalue weighted by Crippen LogP contribution is 2.28. The minimum Gasteiger partial charge on any atom is -0.322 e. The van der Waals surface area contributed by atoms with Gasteiger partial charge in [0.25, 0.3) is 35.4 Å². The summed E-state index contributed by atoms with van der Waals surface area (Å²) in [6.45, 7) is 0. The number of halogens is 1. The number of rotatable bonds is 12. The highest BCUT2D eigenvalue weighted by molar-refractivity contribution is 9.10. The molecule has 0 aliphatic rings. The van der Waals surface area contributed by atoms with Crippen molar-refractivity contribution in [3.63, 3.8) is 0 Å². The van der Waals surface area contributed by atoms with E-state index in [-0.39, 0.29) is 33.9 Å². The van der Waals surface area contributed by atoms with Gasteiger partial charge in [0.15, 0.2) is 0 Å². The molecule has 61 heavy (non-hydrogen) atoms. The van der Waals surface area contributed by atoms with Crippen LogP contribution in [0.2, 0.25) is 0 Å². The standard InChI is InChI=1S/C48H35BrN6O6/c49-36-25-41(54-47(60)34-21-37(50-43(56)30-13-5-1-6-14-30)27-38(22-34)51-44(57)31-15-7-2-8-16-31)29-42(26-36)55-48(61)35-23-39(52-45(58)32-17-9-3-10-18-32)28-40(24-35)53-46(59)33-19-11-4-12-20-33/h1-29H,(H,50,56)(H,51,57)(H,52,58)(H,53,59)(H,54,60)(H,55,61). The molecule has 0 fully saturated rings. The van der Waals surface area contributed by atoms with Gasteiger partial charge in [-0.25, -0.2) is 0 Å². The van der Waals surface area contributed by atoms with Gasteiger partial charge in [-0.15, -0.1) is 0 Å². The Bertz CT molecular complexity index is 2440. The molecule has 0 heterocycles. The molecule has 0 aliphatic carbocycles. The number of carbonyl (C=O) groups excluding carboxylic acids is 6. The van der Waals surface area contributed by atoms with Crippen LogP contribution in [0.25, 0.3) is 0 Å². The van der Waals surface area contributed by atoms with E-state index >= 15 is 0 Å². The van der Waals surface area contributed by atoms with Crippen molar-refractivity contribution in [2.45, 2.75) is 0 Å². The number of hydrogen-bond donors (Lipinski definition) is 6. The van der Waals surface area contributed by atoms with Gasteiger partial charge in [-0.3, -0.25) is 28.8 Å². The Morgan fingerprint density at radius 2 is 0.459 bits per heavy atom. The van der Waals surface area contributed by atoms with E-state index in [1.165, 1.54) is 24.3 Å². The minimum absolute atomic E-state index is 0.110. The molecule has 13 heteroatoms. The lowest BCUT2D eigenvalue weighted by molar-refractivity contribution is 0.101. The third kappa shape index (κ3) is 11.1. The van der Waals surface area contributed by atoms with Crippen LogP contribution in [-0.4, -0.2) is 35.4 Å². The molecule has 300 valence electrons. The molecule has 7 aromatic carbocycles. The number of carbonyl (C=O) groups is 6. The summed E-state index contributed by atoms with van der Waals surface area (Å²) in [5, 5.41) is 16.9. The Labute approximate surface area is 358 Å². The lowest BCUT2D eigenvalue weighted by atomic mass is 10.1. The van der Waals surface area contributed by atoms with Gasteiger partial charge in [-0.1, -0.05) is 88.7 Å². The van der Waals surface area contributed by atoms with E-state index in [0.29, 0.717) is 38.1 Å². The fraction of sp³-hybridized carbons (Fsp3) is 0. The molecule has 7 aromatic rings. The van der Waals surface area contributed by atoms with Crippen LogP contribution in [0.4, 0.5) is 34.1 Å². The summed E-state index contributed by atoms with van der Waals surface area (Å²) in [4.78, 5) is 80.0. The Kier molecular flexibility index (Phi) is 12.8. The third-order valence-corrected chi connectivity index (χ3v) is 9.44. The minimum atomic E-state index is -0.581. The molecule has 7 rings (SSSR count). The molecule has 0 aromatic heterocycles. The summed E-state index contributed by atoms with van der Waals surface area (Å²) in [7, 11) is 0. The van der Waals surface area contributed by atoms with Crippen molar-refractivity contribution < 1.29 is 28.8 Å². The van der Waals surface area contributed by atoms with Crippen molar-refractivity contribution in [3.05, 3.63) is 214 Å². The molecule has 6 amide bonds. The number of benzene rings is 7. The van der Waals surface area contributed by atoms with Gasteiger partial charge >= 0.3 is 0 Å². The predicted molar refractivity (Wildman–Crippen MR) is 241 cm³/mol. The molecule has 0 aliphatic heterocycles. The second-order valence-electron chi connectivity index (χ2n) is 13.5. The smallest absolute Gasteiger partial charge is 0.255 e. The predicted octanol–water partition coefficient (Wildman–Crippen LogP) is 9.96. The zero-order valence-corrected chi connectivity index (χ0v) is 33.7.